The first kappa shape index (κ1) is 13.4. The number of carbonyl (C=O) groups excluding carboxylic acids is 1. The third-order valence-corrected chi connectivity index (χ3v) is 2.85. The van der Waals surface area contributed by atoms with E-state index in [9.17, 15) is 4.79 Å². The molecule has 0 unspecified atom stereocenters. The van der Waals surface area contributed by atoms with Gasteiger partial charge in [0.25, 0.3) is 0 Å². The molecule has 2 rings (SSSR count). The summed E-state index contributed by atoms with van der Waals surface area (Å²) in [6.07, 6.45) is 4.23. The maximum Gasteiger partial charge on any atom is 0.201 e. The molecule has 2 aromatic rings. The van der Waals surface area contributed by atoms with Crippen LogP contribution in [-0.4, -0.2) is 28.7 Å². The molecular weight excluding hydrogens is 242 g/mol. The van der Waals surface area contributed by atoms with Crippen molar-refractivity contribution in [1.82, 2.24) is 4.57 Å². The van der Waals surface area contributed by atoms with E-state index >= 15 is 0 Å². The van der Waals surface area contributed by atoms with Gasteiger partial charge in [-0.15, -0.1) is 0 Å². The highest BCUT2D eigenvalue weighted by Crippen LogP contribution is 2.13. The van der Waals surface area contributed by atoms with Crippen LogP contribution in [0.25, 0.3) is 0 Å². The number of Topliss-reactive ketones (excluding diaryl/α,β-unsaturated/α-hetero) is 1. The lowest BCUT2D eigenvalue weighted by Gasteiger charge is -2.05. The summed E-state index contributed by atoms with van der Waals surface area (Å²) in [5.41, 5.74) is 1.70. The van der Waals surface area contributed by atoms with Crippen LogP contribution in [-0.2, 0) is 13.5 Å². The summed E-state index contributed by atoms with van der Waals surface area (Å²) in [5, 5.41) is 8.82. The molecule has 1 N–H and O–H groups in total. The molecule has 0 spiro atoms. The van der Waals surface area contributed by atoms with E-state index in [1.165, 1.54) is 0 Å². The number of aliphatic hydroxyl groups excluding tert-OH is 1. The van der Waals surface area contributed by atoms with Gasteiger partial charge in [0.05, 0.1) is 0 Å². The highest BCUT2D eigenvalue weighted by atomic mass is 16.5. The van der Waals surface area contributed by atoms with Crippen LogP contribution in [0, 0.1) is 0 Å². The maximum atomic E-state index is 11.8. The van der Waals surface area contributed by atoms with E-state index in [-0.39, 0.29) is 19.0 Å². The van der Waals surface area contributed by atoms with Gasteiger partial charge in [-0.2, -0.15) is 0 Å². The molecule has 0 radical (unpaired) electrons. The normalized spacial score (nSPS) is 10.4. The molecule has 19 heavy (non-hydrogen) atoms. The Balaban J connectivity index is 1.89. The monoisotopic (exact) mass is 259 g/mol. The van der Waals surface area contributed by atoms with Gasteiger partial charge in [-0.3, -0.25) is 4.79 Å². The van der Waals surface area contributed by atoms with Crippen molar-refractivity contribution in [3.63, 3.8) is 0 Å². The van der Waals surface area contributed by atoms with Crippen LogP contribution < -0.4 is 4.74 Å². The first-order valence-corrected chi connectivity index (χ1v) is 6.17. The van der Waals surface area contributed by atoms with E-state index < -0.39 is 0 Å². The molecule has 0 aliphatic heterocycles. The molecule has 0 fully saturated rings. The third kappa shape index (κ3) is 3.69. The molecule has 0 aliphatic carbocycles. The molecule has 1 aromatic carbocycles. The fraction of sp³-hybridized carbons (Fsp3) is 0.267. The number of benzene rings is 1. The van der Waals surface area contributed by atoms with Crippen molar-refractivity contribution < 1.29 is 14.6 Å². The minimum atomic E-state index is -0.0416. The van der Waals surface area contributed by atoms with Crippen LogP contribution in [0.2, 0.25) is 0 Å². The fourth-order valence-corrected chi connectivity index (χ4v) is 1.78. The number of ether oxygens (including phenoxy) is 1. The fourth-order valence-electron chi connectivity index (χ4n) is 1.78. The number of aromatic nitrogens is 1. The first-order chi connectivity index (χ1) is 9.19. The van der Waals surface area contributed by atoms with E-state index in [2.05, 4.69) is 0 Å². The Hall–Kier alpha value is -2.07. The molecular formula is C15H17NO3. The standard InChI is InChI=1S/C15H17NO3/c1-16-8-6-13(10-16)15(18)11-19-14-4-2-12(3-5-14)7-9-17/h2-6,8,10,17H,7,9,11H2,1H3. The van der Waals surface area contributed by atoms with E-state index in [0.29, 0.717) is 17.7 Å². The van der Waals surface area contributed by atoms with Gasteiger partial charge in [0.1, 0.15) is 5.75 Å². The van der Waals surface area contributed by atoms with Gasteiger partial charge >= 0.3 is 0 Å². The van der Waals surface area contributed by atoms with E-state index in [1.54, 1.807) is 12.3 Å². The van der Waals surface area contributed by atoms with Gasteiger partial charge < -0.3 is 14.4 Å². The maximum absolute atomic E-state index is 11.8. The molecule has 0 atom stereocenters. The average molecular weight is 259 g/mol. The molecule has 0 saturated heterocycles. The summed E-state index contributed by atoms with van der Waals surface area (Å²) in [6.45, 7) is 0.163. The summed E-state index contributed by atoms with van der Waals surface area (Å²) in [6, 6.07) is 9.17. The number of aryl methyl sites for hydroxylation is 1. The SMILES string of the molecule is Cn1ccc(C(=O)COc2ccc(CCO)cc2)c1. The Morgan fingerprint density at radius 3 is 2.58 bits per heavy atom. The lowest BCUT2D eigenvalue weighted by Crippen LogP contribution is -2.10. The number of aliphatic hydroxyl groups is 1. The molecule has 4 heteroatoms. The Labute approximate surface area is 112 Å². The summed E-state index contributed by atoms with van der Waals surface area (Å²) < 4.78 is 7.27. The lowest BCUT2D eigenvalue weighted by atomic mass is 10.1. The lowest BCUT2D eigenvalue weighted by molar-refractivity contribution is 0.0921. The van der Waals surface area contributed by atoms with Crippen molar-refractivity contribution in [2.75, 3.05) is 13.2 Å². The summed E-state index contributed by atoms with van der Waals surface area (Å²) in [4.78, 5) is 11.8. The molecule has 4 nitrogen and oxygen atoms in total. The van der Waals surface area contributed by atoms with Crippen molar-refractivity contribution in [2.24, 2.45) is 7.05 Å². The number of ketones is 1. The van der Waals surface area contributed by atoms with E-state index in [1.807, 2.05) is 42.1 Å². The molecule has 100 valence electrons. The van der Waals surface area contributed by atoms with Crippen molar-refractivity contribution >= 4 is 5.78 Å². The highest BCUT2D eigenvalue weighted by molar-refractivity contribution is 5.97. The second-order valence-corrected chi connectivity index (χ2v) is 4.40. The van der Waals surface area contributed by atoms with Gasteiger partial charge in [0, 0.05) is 31.6 Å². The number of carbonyl (C=O) groups is 1. The van der Waals surface area contributed by atoms with Crippen LogP contribution >= 0.6 is 0 Å². The number of nitrogens with zero attached hydrogens (tertiary/aromatic N) is 1. The topological polar surface area (TPSA) is 51.5 Å². The molecule has 1 aromatic heterocycles. The first-order valence-electron chi connectivity index (χ1n) is 6.17. The molecule has 1 heterocycles. The van der Waals surface area contributed by atoms with Gasteiger partial charge in [0.2, 0.25) is 5.78 Å². The van der Waals surface area contributed by atoms with Crippen molar-refractivity contribution in [3.05, 3.63) is 53.9 Å². The Kier molecular flexibility index (Phi) is 4.36. The van der Waals surface area contributed by atoms with Crippen LogP contribution in [0.15, 0.2) is 42.7 Å². The predicted molar refractivity (Wildman–Crippen MR) is 72.5 cm³/mol. The number of hydrogen-bond donors (Lipinski definition) is 1. The van der Waals surface area contributed by atoms with Gasteiger partial charge in [-0.25, -0.2) is 0 Å². The van der Waals surface area contributed by atoms with Crippen LogP contribution in [0.4, 0.5) is 0 Å². The van der Waals surface area contributed by atoms with Crippen LogP contribution in [0.1, 0.15) is 15.9 Å². The summed E-state index contributed by atoms with van der Waals surface area (Å²) >= 11 is 0. The largest absolute Gasteiger partial charge is 0.485 e. The molecule has 0 bridgehead atoms. The minimum absolute atomic E-state index is 0.0311. The van der Waals surface area contributed by atoms with Gasteiger partial charge in [-0.05, 0) is 30.2 Å². The number of hydrogen-bond acceptors (Lipinski definition) is 3. The Morgan fingerprint density at radius 1 is 1.26 bits per heavy atom. The second kappa shape index (κ2) is 6.20. The van der Waals surface area contributed by atoms with E-state index in [0.717, 1.165) is 5.56 Å². The minimum Gasteiger partial charge on any atom is -0.485 e. The predicted octanol–water partition coefficient (Wildman–Crippen LogP) is 1.82. The Morgan fingerprint density at radius 2 is 2.00 bits per heavy atom. The molecule has 0 amide bonds. The van der Waals surface area contributed by atoms with Gasteiger partial charge in [0.15, 0.2) is 6.61 Å². The van der Waals surface area contributed by atoms with Crippen LogP contribution in [0.5, 0.6) is 5.75 Å². The van der Waals surface area contributed by atoms with Crippen molar-refractivity contribution in [3.8, 4) is 5.75 Å². The zero-order valence-electron chi connectivity index (χ0n) is 10.9. The van der Waals surface area contributed by atoms with Crippen molar-refractivity contribution in [1.29, 1.82) is 0 Å². The Bertz CT molecular complexity index is 543. The smallest absolute Gasteiger partial charge is 0.201 e. The molecule has 0 aliphatic rings. The summed E-state index contributed by atoms with van der Waals surface area (Å²) in [5.74, 6) is 0.617. The summed E-state index contributed by atoms with van der Waals surface area (Å²) in [7, 11) is 1.87. The van der Waals surface area contributed by atoms with Gasteiger partial charge in [-0.1, -0.05) is 12.1 Å². The third-order valence-electron chi connectivity index (χ3n) is 2.85. The zero-order valence-corrected chi connectivity index (χ0v) is 10.9. The van der Waals surface area contributed by atoms with Crippen LogP contribution in [0.3, 0.4) is 0 Å². The number of rotatable bonds is 6. The van der Waals surface area contributed by atoms with E-state index in [4.69, 9.17) is 9.84 Å². The quantitative estimate of drug-likeness (QED) is 0.805. The average Bonchev–Trinajstić information content (AvgIpc) is 2.85. The zero-order chi connectivity index (χ0) is 13.7. The van der Waals surface area contributed by atoms with Crippen molar-refractivity contribution in [2.45, 2.75) is 6.42 Å². The highest BCUT2D eigenvalue weighted by Gasteiger charge is 2.07. The molecule has 0 saturated carbocycles. The second-order valence-electron chi connectivity index (χ2n) is 4.40.